The number of carbonyl (C=O) groups excluding carboxylic acids is 2. The Morgan fingerprint density at radius 3 is 0.914 bits per heavy atom. The van der Waals surface area contributed by atoms with Crippen LogP contribution in [-0.2, 0) is 44.5 Å². The molecule has 0 fully saturated rings. The maximum Gasteiger partial charge on any atom is 0.261 e. The molecule has 8 aromatic rings. The number of nitrogens with zero attached hydrogens (tertiary/aromatic N) is 9. The summed E-state index contributed by atoms with van der Waals surface area (Å²) < 4.78 is 32.3. The zero-order valence-electron chi connectivity index (χ0n) is 57.7. The number of hydrogen-bond acceptors (Lipinski definition) is 17. The molecule has 1 aromatic carbocycles. The van der Waals surface area contributed by atoms with Crippen LogP contribution >= 0.6 is 48.0 Å². The minimum Gasteiger partial charge on any atom is -0.496 e. The van der Waals surface area contributed by atoms with Gasteiger partial charge in [-0.2, -0.15) is 0 Å². The van der Waals surface area contributed by atoms with Gasteiger partial charge in [0.2, 0.25) is 0 Å². The van der Waals surface area contributed by atoms with Crippen LogP contribution in [0.2, 0.25) is 0 Å². The highest BCUT2D eigenvalue weighted by Crippen LogP contribution is 2.32. The Bertz CT molecular complexity index is 3630. The lowest BCUT2D eigenvalue weighted by molar-refractivity contribution is 0.0639. The molecular formula is C71H92Cl4N10O8. The summed E-state index contributed by atoms with van der Waals surface area (Å²) in [5.41, 5.74) is 28.8. The van der Waals surface area contributed by atoms with Crippen LogP contribution < -0.4 is 34.2 Å². The standard InChI is InChI=1S/C27H36N4O2.C17H16N2O3.2C9H12ClNO.C9H14N2O.2ClH/c1-16-10-28-23(20(5)19(16)4)13-31(14-24-21(6)26(32-8)17(2)11-29-24)15-25-22(7)27(33-9)18(3)12-30-25;1-10-8-18-14(11(2)15(10)22-3)9-19-16(20)12-6-4-5-7-13(12)17(19)21;3*1-6-5-11-8(4-10)7(2)9(6)12-3;;/h10-12H,13-15H2,1-9H3;4-8H,9H2,1-3H3;2*5H,4H2,1-3H3;5H,4,10H2,1-3H3;2*1H. The van der Waals surface area contributed by atoms with Crippen molar-refractivity contribution in [3.05, 3.63) is 202 Å². The predicted octanol–water partition coefficient (Wildman–Crippen LogP) is 14.7. The Balaban J connectivity index is 0.000000324. The van der Waals surface area contributed by atoms with Gasteiger partial charge in [0.1, 0.15) is 34.5 Å². The molecule has 502 valence electrons. The van der Waals surface area contributed by atoms with E-state index in [1.54, 1.807) is 91.7 Å². The second kappa shape index (κ2) is 37.3. The number of imide groups is 1. The first-order valence-electron chi connectivity index (χ1n) is 29.7. The molecule has 0 unspecified atom stereocenters. The molecule has 22 heteroatoms. The third-order valence-electron chi connectivity index (χ3n) is 16.3. The molecule has 9 rings (SSSR count). The highest BCUT2D eigenvalue weighted by atomic mass is 35.5. The van der Waals surface area contributed by atoms with Crippen LogP contribution in [0.5, 0.6) is 34.5 Å². The monoisotopic (exact) mass is 1350 g/mol. The average Bonchev–Trinajstić information content (AvgIpc) is 1.69. The van der Waals surface area contributed by atoms with Gasteiger partial charge in [-0.1, -0.05) is 12.1 Å². The van der Waals surface area contributed by atoms with Gasteiger partial charge in [0.25, 0.3) is 11.8 Å². The number of amides is 2. The van der Waals surface area contributed by atoms with Gasteiger partial charge < -0.3 is 34.2 Å². The molecule has 7 aromatic heterocycles. The van der Waals surface area contributed by atoms with E-state index in [9.17, 15) is 9.59 Å². The number of benzene rings is 1. The smallest absolute Gasteiger partial charge is 0.261 e. The van der Waals surface area contributed by atoms with Crippen molar-refractivity contribution >= 4 is 59.8 Å². The van der Waals surface area contributed by atoms with E-state index < -0.39 is 0 Å². The number of fused-ring (bicyclic) bond motifs is 1. The third kappa shape index (κ3) is 19.2. The summed E-state index contributed by atoms with van der Waals surface area (Å²) in [6.07, 6.45) is 12.8. The number of aryl methyl sites for hydroxylation is 7. The van der Waals surface area contributed by atoms with E-state index in [-0.39, 0.29) is 43.2 Å². The molecule has 0 bridgehead atoms. The van der Waals surface area contributed by atoms with Crippen molar-refractivity contribution in [2.45, 2.75) is 148 Å². The molecule has 2 N–H and O–H groups in total. The summed E-state index contributed by atoms with van der Waals surface area (Å²) >= 11 is 11.4. The highest BCUT2D eigenvalue weighted by Gasteiger charge is 2.36. The molecule has 93 heavy (non-hydrogen) atoms. The fourth-order valence-corrected chi connectivity index (χ4v) is 11.3. The second-order valence-electron chi connectivity index (χ2n) is 22.3. The molecule has 8 heterocycles. The Hall–Kier alpha value is -7.71. The molecule has 2 amide bonds. The van der Waals surface area contributed by atoms with Gasteiger partial charge in [-0.05, 0) is 133 Å². The molecule has 0 saturated heterocycles. The van der Waals surface area contributed by atoms with Gasteiger partial charge in [0.05, 0.1) is 112 Å². The molecule has 18 nitrogen and oxygen atoms in total. The number of aromatic nitrogens is 7. The lowest BCUT2D eigenvalue weighted by atomic mass is 10.0. The predicted molar refractivity (Wildman–Crippen MR) is 375 cm³/mol. The van der Waals surface area contributed by atoms with E-state index in [4.69, 9.17) is 72.3 Å². The van der Waals surface area contributed by atoms with Crippen molar-refractivity contribution in [1.29, 1.82) is 0 Å². The molecule has 0 atom stereocenters. The maximum atomic E-state index is 12.4. The average molecular weight is 1360 g/mol. The molecule has 0 saturated carbocycles. The fraction of sp³-hybridized carbons (Fsp3) is 0.394. The lowest BCUT2D eigenvalue weighted by Gasteiger charge is -2.25. The number of ether oxygens (including phenoxy) is 6. The summed E-state index contributed by atoms with van der Waals surface area (Å²) in [6.45, 7) is 32.8. The van der Waals surface area contributed by atoms with Crippen LogP contribution in [0.4, 0.5) is 0 Å². The Morgan fingerprint density at radius 2 is 0.613 bits per heavy atom. The zero-order chi connectivity index (χ0) is 67.6. The van der Waals surface area contributed by atoms with E-state index in [0.29, 0.717) is 54.8 Å². The van der Waals surface area contributed by atoms with Crippen molar-refractivity contribution in [1.82, 2.24) is 44.7 Å². The van der Waals surface area contributed by atoms with Crippen molar-refractivity contribution in [3.63, 3.8) is 0 Å². The van der Waals surface area contributed by atoms with Gasteiger partial charge >= 0.3 is 0 Å². The molecule has 0 spiro atoms. The van der Waals surface area contributed by atoms with Crippen LogP contribution in [0.15, 0.2) is 67.6 Å². The molecule has 0 radical (unpaired) electrons. The Morgan fingerprint density at radius 1 is 0.366 bits per heavy atom. The zero-order valence-corrected chi connectivity index (χ0v) is 60.9. The van der Waals surface area contributed by atoms with Crippen molar-refractivity contribution in [2.75, 3.05) is 42.7 Å². The number of hydrogen-bond donors (Lipinski definition) is 1. The SMILES string of the molecule is COc1c(C)cnc(CCl)c1C.COc1c(C)cnc(CCl)c1C.COc1c(C)cnc(CN(Cc2ncc(C)c(C)c2C)Cc2ncc(C)c(OC)c2C)c1C.COc1c(C)cnc(CN)c1C.COc1c(C)cnc(CN2C(=O)c3ccccc3C2=O)c1C.Cl.Cl. The Kier molecular flexibility index (Phi) is 31.9. The summed E-state index contributed by atoms with van der Waals surface area (Å²) in [7, 11) is 10.0. The van der Waals surface area contributed by atoms with Gasteiger partial charge in [0.15, 0.2) is 0 Å². The van der Waals surface area contributed by atoms with Gasteiger partial charge in [0, 0.05) is 136 Å². The Labute approximate surface area is 572 Å². The number of carbonyl (C=O) groups is 2. The molecule has 1 aliphatic heterocycles. The van der Waals surface area contributed by atoms with Gasteiger partial charge in [-0.25, -0.2) is 0 Å². The summed E-state index contributed by atoms with van der Waals surface area (Å²) in [6, 6.07) is 6.86. The fourth-order valence-electron chi connectivity index (χ4n) is 10.8. The van der Waals surface area contributed by atoms with E-state index in [2.05, 4.69) is 59.5 Å². The summed E-state index contributed by atoms with van der Waals surface area (Å²) in [5, 5.41) is 0. The number of nitrogens with two attached hydrogens (primary N) is 1. The number of methoxy groups -OCH3 is 6. The van der Waals surface area contributed by atoms with Crippen LogP contribution in [0.3, 0.4) is 0 Å². The van der Waals surface area contributed by atoms with Crippen molar-refractivity contribution in [3.8, 4) is 34.5 Å². The number of rotatable bonds is 17. The largest absolute Gasteiger partial charge is 0.496 e. The summed E-state index contributed by atoms with van der Waals surface area (Å²) in [4.78, 5) is 59.6. The molecule has 1 aliphatic rings. The van der Waals surface area contributed by atoms with Crippen LogP contribution in [0.25, 0.3) is 0 Å². The lowest BCUT2D eigenvalue weighted by Crippen LogP contribution is -2.30. The second-order valence-corrected chi connectivity index (χ2v) is 22.8. The first-order valence-corrected chi connectivity index (χ1v) is 30.8. The first kappa shape index (κ1) is 79.5. The van der Waals surface area contributed by atoms with E-state index in [1.807, 2.05) is 87.8 Å². The van der Waals surface area contributed by atoms with E-state index in [1.165, 1.54) is 21.6 Å². The van der Waals surface area contributed by atoms with E-state index >= 15 is 0 Å². The molecule has 0 aliphatic carbocycles. The third-order valence-corrected chi connectivity index (χ3v) is 16.8. The van der Waals surface area contributed by atoms with Gasteiger partial charge in [-0.3, -0.25) is 54.3 Å². The highest BCUT2D eigenvalue weighted by molar-refractivity contribution is 6.21. The summed E-state index contributed by atoms with van der Waals surface area (Å²) in [5.74, 6) is 5.51. The number of halogens is 4. The topological polar surface area (TPSA) is 212 Å². The van der Waals surface area contributed by atoms with Crippen molar-refractivity contribution < 1.29 is 38.0 Å². The minimum absolute atomic E-state index is 0. The van der Waals surface area contributed by atoms with Crippen LogP contribution in [0.1, 0.15) is 144 Å². The number of alkyl halides is 2. The number of pyridine rings is 7. The van der Waals surface area contributed by atoms with Gasteiger partial charge in [-0.15, -0.1) is 48.0 Å². The quantitative estimate of drug-likeness (QED) is 0.0663. The maximum absolute atomic E-state index is 12.4. The first-order chi connectivity index (χ1) is 43.3. The van der Waals surface area contributed by atoms with Crippen LogP contribution in [-0.4, -0.2) is 99.2 Å². The van der Waals surface area contributed by atoms with Crippen LogP contribution in [0, 0.1) is 104 Å². The normalized spacial score (nSPS) is 11.0. The van der Waals surface area contributed by atoms with E-state index in [0.717, 1.165) is 135 Å². The minimum atomic E-state index is -0.277. The molecular weight excluding hydrogens is 1260 g/mol. The van der Waals surface area contributed by atoms with Crippen molar-refractivity contribution in [2.24, 2.45) is 5.73 Å².